The number of benzene rings is 2. The minimum Gasteiger partial charge on any atom is -0.486 e. The third kappa shape index (κ3) is 4.39. The maximum atomic E-state index is 13.8. The lowest BCUT2D eigenvalue weighted by Gasteiger charge is -2.32. The summed E-state index contributed by atoms with van der Waals surface area (Å²) in [6.07, 6.45) is 0.783. The molecule has 0 aromatic heterocycles. The predicted octanol–water partition coefficient (Wildman–Crippen LogP) is 4.07. The largest absolute Gasteiger partial charge is 0.486 e. The fraction of sp³-hybridized carbons (Fsp3) is 0.316. The SMILES string of the molecule is CCCN(C[C@H]1COc2ccccc2O1)C(=S)Nc1ccccc1F. The van der Waals surface area contributed by atoms with Crippen LogP contribution in [0.3, 0.4) is 0 Å². The van der Waals surface area contributed by atoms with Crippen molar-refractivity contribution in [1.82, 2.24) is 4.90 Å². The minimum atomic E-state index is -0.326. The molecule has 1 aliphatic rings. The van der Waals surface area contributed by atoms with Gasteiger partial charge in [0.15, 0.2) is 22.7 Å². The quantitative estimate of drug-likeness (QED) is 0.813. The van der Waals surface area contributed by atoms with E-state index in [0.717, 1.165) is 24.5 Å². The lowest BCUT2D eigenvalue weighted by Crippen LogP contribution is -2.45. The summed E-state index contributed by atoms with van der Waals surface area (Å²) in [6, 6.07) is 14.1. The second-order valence-electron chi connectivity index (χ2n) is 5.85. The summed E-state index contributed by atoms with van der Waals surface area (Å²) in [7, 11) is 0. The Balaban J connectivity index is 1.65. The van der Waals surface area contributed by atoms with Gasteiger partial charge in [-0.2, -0.15) is 0 Å². The topological polar surface area (TPSA) is 33.7 Å². The Morgan fingerprint density at radius 1 is 1.20 bits per heavy atom. The normalized spacial score (nSPS) is 15.5. The monoisotopic (exact) mass is 360 g/mol. The van der Waals surface area contributed by atoms with Crippen LogP contribution in [0.25, 0.3) is 0 Å². The number of fused-ring (bicyclic) bond motifs is 1. The molecule has 0 fully saturated rings. The van der Waals surface area contributed by atoms with Crippen LogP contribution in [-0.4, -0.2) is 35.8 Å². The van der Waals surface area contributed by atoms with Gasteiger partial charge in [0.2, 0.25) is 0 Å². The molecule has 3 rings (SSSR count). The van der Waals surface area contributed by atoms with Gasteiger partial charge in [-0.25, -0.2) is 4.39 Å². The maximum absolute atomic E-state index is 13.8. The zero-order chi connectivity index (χ0) is 17.6. The van der Waals surface area contributed by atoms with Crippen molar-refractivity contribution in [3.8, 4) is 11.5 Å². The Kier molecular flexibility index (Phi) is 5.71. The second-order valence-corrected chi connectivity index (χ2v) is 6.24. The fourth-order valence-corrected chi connectivity index (χ4v) is 2.98. The molecule has 25 heavy (non-hydrogen) atoms. The maximum Gasteiger partial charge on any atom is 0.173 e. The van der Waals surface area contributed by atoms with Gasteiger partial charge in [-0.1, -0.05) is 31.2 Å². The molecule has 0 bridgehead atoms. The van der Waals surface area contributed by atoms with E-state index in [4.69, 9.17) is 21.7 Å². The minimum absolute atomic E-state index is 0.137. The molecular formula is C19H21FN2O2S. The van der Waals surface area contributed by atoms with E-state index in [1.165, 1.54) is 6.07 Å². The van der Waals surface area contributed by atoms with E-state index in [1.807, 2.05) is 29.2 Å². The highest BCUT2D eigenvalue weighted by atomic mass is 32.1. The smallest absolute Gasteiger partial charge is 0.173 e. The summed E-state index contributed by atoms with van der Waals surface area (Å²) >= 11 is 5.48. The van der Waals surface area contributed by atoms with E-state index in [0.29, 0.717) is 24.0 Å². The first-order valence-corrected chi connectivity index (χ1v) is 8.77. The molecule has 1 heterocycles. The zero-order valence-electron chi connectivity index (χ0n) is 14.1. The third-order valence-electron chi connectivity index (χ3n) is 3.89. The lowest BCUT2D eigenvalue weighted by atomic mass is 10.2. The van der Waals surface area contributed by atoms with Crippen molar-refractivity contribution in [1.29, 1.82) is 0 Å². The van der Waals surface area contributed by atoms with Crippen molar-refractivity contribution in [3.05, 3.63) is 54.3 Å². The van der Waals surface area contributed by atoms with Crippen LogP contribution in [-0.2, 0) is 0 Å². The fourth-order valence-electron chi connectivity index (χ4n) is 2.70. The first-order chi connectivity index (χ1) is 12.2. The summed E-state index contributed by atoms with van der Waals surface area (Å²) in [4.78, 5) is 1.99. The Morgan fingerprint density at radius 3 is 2.68 bits per heavy atom. The number of hydrogen-bond acceptors (Lipinski definition) is 3. The molecule has 0 amide bonds. The van der Waals surface area contributed by atoms with Gasteiger partial charge < -0.3 is 19.7 Å². The van der Waals surface area contributed by atoms with E-state index in [1.54, 1.807) is 18.2 Å². The molecule has 1 aliphatic heterocycles. The molecular weight excluding hydrogens is 339 g/mol. The van der Waals surface area contributed by atoms with Gasteiger partial charge >= 0.3 is 0 Å². The van der Waals surface area contributed by atoms with Crippen LogP contribution >= 0.6 is 12.2 Å². The van der Waals surface area contributed by atoms with Crippen molar-refractivity contribution in [2.24, 2.45) is 0 Å². The van der Waals surface area contributed by atoms with Crippen LogP contribution in [0.5, 0.6) is 11.5 Å². The summed E-state index contributed by atoms with van der Waals surface area (Å²) in [5.41, 5.74) is 0.375. The second kappa shape index (κ2) is 8.16. The van der Waals surface area contributed by atoms with E-state index in [9.17, 15) is 4.39 Å². The van der Waals surface area contributed by atoms with Crippen LogP contribution in [0.15, 0.2) is 48.5 Å². The molecule has 0 saturated carbocycles. The highest BCUT2D eigenvalue weighted by Crippen LogP contribution is 2.31. The Bertz CT molecular complexity index is 741. The van der Waals surface area contributed by atoms with Crippen LogP contribution in [0.1, 0.15) is 13.3 Å². The lowest BCUT2D eigenvalue weighted by molar-refractivity contribution is 0.0746. The summed E-state index contributed by atoms with van der Waals surface area (Å²) < 4.78 is 25.6. The summed E-state index contributed by atoms with van der Waals surface area (Å²) in [6.45, 7) is 3.86. The predicted molar refractivity (Wildman–Crippen MR) is 101 cm³/mol. The average Bonchev–Trinajstić information content (AvgIpc) is 2.63. The first-order valence-electron chi connectivity index (χ1n) is 8.36. The van der Waals surface area contributed by atoms with Crippen LogP contribution < -0.4 is 14.8 Å². The third-order valence-corrected chi connectivity index (χ3v) is 4.25. The van der Waals surface area contributed by atoms with Crippen molar-refractivity contribution in [2.75, 3.05) is 25.0 Å². The molecule has 0 aliphatic carbocycles. The van der Waals surface area contributed by atoms with Gasteiger partial charge in [0.1, 0.15) is 12.4 Å². The van der Waals surface area contributed by atoms with Gasteiger partial charge in [-0.05, 0) is 42.9 Å². The summed E-state index contributed by atoms with van der Waals surface area (Å²) in [5.74, 6) is 1.17. The number of hydrogen-bond donors (Lipinski definition) is 1. The average molecular weight is 360 g/mol. The highest BCUT2D eigenvalue weighted by Gasteiger charge is 2.24. The van der Waals surface area contributed by atoms with Gasteiger partial charge in [0, 0.05) is 6.54 Å². The van der Waals surface area contributed by atoms with Crippen LogP contribution in [0.4, 0.5) is 10.1 Å². The van der Waals surface area contributed by atoms with Crippen LogP contribution in [0.2, 0.25) is 0 Å². The molecule has 6 heteroatoms. The molecule has 2 aromatic rings. The first kappa shape index (κ1) is 17.5. The van der Waals surface area contributed by atoms with Gasteiger partial charge in [-0.15, -0.1) is 0 Å². The molecule has 1 atom stereocenters. The molecule has 1 N–H and O–H groups in total. The number of para-hydroxylation sites is 3. The van der Waals surface area contributed by atoms with E-state index in [2.05, 4.69) is 12.2 Å². The van der Waals surface area contributed by atoms with E-state index in [-0.39, 0.29) is 11.9 Å². The summed E-state index contributed by atoms with van der Waals surface area (Å²) in [5, 5.41) is 3.47. The number of rotatable bonds is 5. The van der Waals surface area contributed by atoms with Crippen molar-refractivity contribution in [3.63, 3.8) is 0 Å². The van der Waals surface area contributed by atoms with Gasteiger partial charge in [0.05, 0.1) is 12.2 Å². The molecule has 0 unspecified atom stereocenters. The highest BCUT2D eigenvalue weighted by molar-refractivity contribution is 7.80. The van der Waals surface area contributed by atoms with Crippen molar-refractivity contribution < 1.29 is 13.9 Å². The number of anilines is 1. The number of nitrogens with zero attached hydrogens (tertiary/aromatic N) is 1. The van der Waals surface area contributed by atoms with E-state index < -0.39 is 0 Å². The standard InChI is InChI=1S/C19H21FN2O2S/c1-2-11-22(19(25)21-16-8-4-3-7-15(16)20)12-14-13-23-17-9-5-6-10-18(17)24-14/h3-10,14H,2,11-13H2,1H3,(H,21,25)/t14-/m0/s1. The van der Waals surface area contributed by atoms with Crippen molar-refractivity contribution in [2.45, 2.75) is 19.4 Å². The van der Waals surface area contributed by atoms with Crippen molar-refractivity contribution >= 4 is 23.0 Å². The van der Waals surface area contributed by atoms with Gasteiger partial charge in [0.25, 0.3) is 0 Å². The number of thiocarbonyl (C=S) groups is 1. The Morgan fingerprint density at radius 2 is 1.92 bits per heavy atom. The Hall–Kier alpha value is -2.34. The molecule has 132 valence electrons. The van der Waals surface area contributed by atoms with Gasteiger partial charge in [-0.3, -0.25) is 0 Å². The Labute approximate surface area is 152 Å². The molecule has 4 nitrogen and oxygen atoms in total. The molecule has 2 aromatic carbocycles. The number of nitrogens with one attached hydrogen (secondary N) is 1. The molecule has 0 spiro atoms. The van der Waals surface area contributed by atoms with Crippen LogP contribution in [0, 0.1) is 5.82 Å². The zero-order valence-corrected chi connectivity index (χ0v) is 14.9. The number of halogens is 1. The molecule has 0 radical (unpaired) electrons. The molecule has 0 saturated heterocycles. The number of ether oxygens (including phenoxy) is 2. The van der Waals surface area contributed by atoms with E-state index >= 15 is 0 Å².